The smallest absolute Gasteiger partial charge is 0.406 e. The van der Waals surface area contributed by atoms with E-state index in [2.05, 4.69) is 21.2 Å². The highest BCUT2D eigenvalue weighted by Gasteiger charge is 2.00. The van der Waals surface area contributed by atoms with Gasteiger partial charge in [0.15, 0.2) is 0 Å². The average Bonchev–Trinajstić information content (AvgIpc) is 2.01. The van der Waals surface area contributed by atoms with Gasteiger partial charge >= 0.3 is 7.05 Å². The van der Waals surface area contributed by atoms with Crippen LogP contribution in [-0.4, -0.2) is 12.1 Å². The largest absolute Gasteiger partial charge is 0.433 e. The van der Waals surface area contributed by atoms with Crippen LogP contribution in [0.25, 0.3) is 6.08 Å². The van der Waals surface area contributed by atoms with Gasteiger partial charge in [-0.1, -0.05) is 28.1 Å². The summed E-state index contributed by atoms with van der Waals surface area (Å²) in [5.74, 6) is 0. The molecule has 1 aromatic carbocycles. The van der Waals surface area contributed by atoms with Crippen LogP contribution in [0.15, 0.2) is 34.4 Å². The minimum Gasteiger partial charge on any atom is -0.433 e. The molecule has 0 aliphatic heterocycles. The monoisotopic (exact) mass is 253 g/mol. The summed E-state index contributed by atoms with van der Waals surface area (Å²) < 4.78 is 1.05. The Labute approximate surface area is 93.3 Å². The summed E-state index contributed by atoms with van der Waals surface area (Å²) >= 11 is 3.40. The molecule has 0 heterocycles. The number of nitrogens with one attached hydrogen (secondary N) is 1. The third-order valence-corrected chi connectivity index (χ3v) is 2.16. The fourth-order valence-corrected chi connectivity index (χ4v) is 1.63. The third-order valence-electron chi connectivity index (χ3n) is 1.67. The summed E-state index contributed by atoms with van der Waals surface area (Å²) in [5, 5.41) is 12.0. The van der Waals surface area contributed by atoms with E-state index in [-0.39, 0.29) is 0 Å². The molecule has 0 aromatic heterocycles. The Morgan fingerprint density at radius 2 is 2.29 bits per heavy atom. The number of benzene rings is 1. The average molecular weight is 254 g/mol. The van der Waals surface area contributed by atoms with E-state index < -0.39 is 7.05 Å². The van der Waals surface area contributed by atoms with Crippen LogP contribution < -0.4 is 5.23 Å². The Hall–Kier alpha value is -0.735. The molecule has 0 unspecified atom stereocenters. The number of rotatable bonds is 3. The predicted octanol–water partition coefficient (Wildman–Crippen LogP) is 2.51. The van der Waals surface area contributed by atoms with Crippen molar-refractivity contribution in [2.45, 2.75) is 13.7 Å². The highest BCUT2D eigenvalue weighted by molar-refractivity contribution is 9.10. The summed E-state index contributed by atoms with van der Waals surface area (Å²) in [6.45, 7) is 3.62. The van der Waals surface area contributed by atoms with Crippen molar-refractivity contribution in [2.24, 2.45) is 0 Å². The fraction of sp³-hybridized carbons (Fsp3) is 0.200. The SMILES string of the molecule is CB(O)N/C(C)=C\c1cccc(Br)c1. The molecule has 0 saturated heterocycles. The lowest BCUT2D eigenvalue weighted by molar-refractivity contribution is 0.566. The first-order valence-electron chi connectivity index (χ1n) is 4.46. The van der Waals surface area contributed by atoms with Gasteiger partial charge in [0.1, 0.15) is 0 Å². The summed E-state index contributed by atoms with van der Waals surface area (Å²) in [6.07, 6.45) is 1.98. The van der Waals surface area contributed by atoms with E-state index in [0.29, 0.717) is 0 Å². The van der Waals surface area contributed by atoms with Gasteiger partial charge in [-0.2, -0.15) is 0 Å². The van der Waals surface area contributed by atoms with Gasteiger partial charge < -0.3 is 10.3 Å². The lowest BCUT2D eigenvalue weighted by Crippen LogP contribution is -2.28. The van der Waals surface area contributed by atoms with Crippen molar-refractivity contribution in [1.82, 2.24) is 5.23 Å². The molecule has 0 atom stereocenters. The Kier molecular flexibility index (Phi) is 4.23. The van der Waals surface area contributed by atoms with Crippen molar-refractivity contribution in [3.63, 3.8) is 0 Å². The summed E-state index contributed by atoms with van der Waals surface area (Å²) in [6, 6.07) is 7.99. The fourth-order valence-electron chi connectivity index (χ4n) is 1.22. The van der Waals surface area contributed by atoms with Gasteiger partial charge in [-0.05, 0) is 43.2 Å². The molecule has 0 bridgehead atoms. The first kappa shape index (κ1) is 11.3. The van der Waals surface area contributed by atoms with E-state index in [4.69, 9.17) is 5.02 Å². The lowest BCUT2D eigenvalue weighted by Gasteiger charge is -2.05. The normalized spacial score (nSPS) is 11.3. The molecule has 2 nitrogen and oxygen atoms in total. The van der Waals surface area contributed by atoms with E-state index >= 15 is 0 Å². The summed E-state index contributed by atoms with van der Waals surface area (Å²) in [5.41, 5.74) is 2.04. The Morgan fingerprint density at radius 3 is 2.86 bits per heavy atom. The maximum Gasteiger partial charge on any atom is 0.406 e. The number of halogens is 1. The van der Waals surface area contributed by atoms with Gasteiger partial charge in [0.05, 0.1) is 0 Å². The molecule has 0 spiro atoms. The van der Waals surface area contributed by atoms with E-state index in [1.807, 2.05) is 37.3 Å². The Bertz CT molecular complexity index is 339. The molecule has 0 fully saturated rings. The molecule has 0 aliphatic rings. The Balaban J connectivity index is 2.76. The van der Waals surface area contributed by atoms with Gasteiger partial charge in [0.2, 0.25) is 0 Å². The first-order valence-corrected chi connectivity index (χ1v) is 5.25. The van der Waals surface area contributed by atoms with Crippen LogP contribution in [0.2, 0.25) is 6.82 Å². The van der Waals surface area contributed by atoms with Gasteiger partial charge in [-0.15, -0.1) is 0 Å². The molecular formula is C10H13BBrNO. The first-order chi connectivity index (χ1) is 6.58. The molecule has 0 aliphatic carbocycles. The van der Waals surface area contributed by atoms with Gasteiger partial charge in [-0.3, -0.25) is 0 Å². The van der Waals surface area contributed by atoms with Crippen LogP contribution in [0.4, 0.5) is 0 Å². The van der Waals surface area contributed by atoms with Crippen molar-refractivity contribution in [2.75, 3.05) is 0 Å². The molecule has 1 aromatic rings. The maximum absolute atomic E-state index is 9.09. The number of hydrogen-bond acceptors (Lipinski definition) is 2. The molecule has 0 saturated carbocycles. The second-order valence-corrected chi connectivity index (χ2v) is 4.12. The molecule has 1 rings (SSSR count). The van der Waals surface area contributed by atoms with Crippen LogP contribution in [0.1, 0.15) is 12.5 Å². The molecule has 74 valence electrons. The van der Waals surface area contributed by atoms with Gasteiger partial charge in [-0.25, -0.2) is 0 Å². The molecule has 14 heavy (non-hydrogen) atoms. The predicted molar refractivity (Wildman–Crippen MR) is 64.8 cm³/mol. The zero-order valence-electron chi connectivity index (χ0n) is 8.29. The second-order valence-electron chi connectivity index (χ2n) is 3.20. The van der Waals surface area contributed by atoms with Crippen LogP contribution in [0, 0.1) is 0 Å². The van der Waals surface area contributed by atoms with Crippen molar-refractivity contribution >= 4 is 29.1 Å². The maximum atomic E-state index is 9.09. The molecule has 4 heteroatoms. The van der Waals surface area contributed by atoms with Gasteiger partial charge in [0.25, 0.3) is 0 Å². The topological polar surface area (TPSA) is 32.3 Å². The van der Waals surface area contributed by atoms with Crippen molar-refractivity contribution in [3.8, 4) is 0 Å². The van der Waals surface area contributed by atoms with E-state index in [9.17, 15) is 0 Å². The zero-order chi connectivity index (χ0) is 10.6. The minimum absolute atomic E-state index is 0.515. The van der Waals surface area contributed by atoms with Crippen molar-refractivity contribution in [3.05, 3.63) is 40.0 Å². The van der Waals surface area contributed by atoms with E-state index in [1.165, 1.54) is 0 Å². The highest BCUT2D eigenvalue weighted by atomic mass is 79.9. The third kappa shape index (κ3) is 3.98. The molecule has 0 radical (unpaired) electrons. The van der Waals surface area contributed by atoms with E-state index in [1.54, 1.807) is 6.82 Å². The number of allylic oxidation sites excluding steroid dienone is 1. The highest BCUT2D eigenvalue weighted by Crippen LogP contribution is 2.13. The lowest BCUT2D eigenvalue weighted by atomic mass is 9.88. The van der Waals surface area contributed by atoms with Crippen LogP contribution in [0.3, 0.4) is 0 Å². The van der Waals surface area contributed by atoms with Crippen LogP contribution >= 0.6 is 15.9 Å². The zero-order valence-corrected chi connectivity index (χ0v) is 9.88. The van der Waals surface area contributed by atoms with Gasteiger partial charge in [0, 0.05) is 4.47 Å². The summed E-state index contributed by atoms with van der Waals surface area (Å²) in [4.78, 5) is 0. The quantitative estimate of drug-likeness (QED) is 0.812. The molecular weight excluding hydrogens is 241 g/mol. The van der Waals surface area contributed by atoms with Crippen LogP contribution in [-0.2, 0) is 0 Å². The molecule has 2 N–H and O–H groups in total. The standard InChI is InChI=1S/C10H13BBrNO/c1-8(13-11(2)14)6-9-4-3-5-10(12)7-9/h3-7,13-14H,1-2H3/b8-6-. The second kappa shape index (κ2) is 5.22. The summed E-state index contributed by atoms with van der Waals surface area (Å²) in [7, 11) is -0.515. The molecule has 0 amide bonds. The van der Waals surface area contributed by atoms with E-state index in [0.717, 1.165) is 15.7 Å². The Morgan fingerprint density at radius 1 is 1.57 bits per heavy atom. The minimum atomic E-state index is -0.515. The van der Waals surface area contributed by atoms with Crippen molar-refractivity contribution in [1.29, 1.82) is 0 Å². The number of hydrogen-bond donors (Lipinski definition) is 2. The van der Waals surface area contributed by atoms with Crippen LogP contribution in [0.5, 0.6) is 0 Å². The van der Waals surface area contributed by atoms with Crippen molar-refractivity contribution < 1.29 is 5.02 Å².